The summed E-state index contributed by atoms with van der Waals surface area (Å²) in [5.41, 5.74) is -2.38. The molecule has 0 aliphatic carbocycles. The Morgan fingerprint density at radius 3 is 2.50 bits per heavy atom. The molecule has 0 bridgehead atoms. The van der Waals surface area contributed by atoms with Crippen molar-refractivity contribution in [2.75, 3.05) is 5.88 Å². The second kappa shape index (κ2) is 7.07. The highest BCUT2D eigenvalue weighted by Crippen LogP contribution is 2.34. The second-order valence-electron chi connectivity index (χ2n) is 5.63. The number of aryl methyl sites for hydroxylation is 1. The van der Waals surface area contributed by atoms with Crippen molar-refractivity contribution in [1.29, 1.82) is 0 Å². The Balaban J connectivity index is 2.30. The van der Waals surface area contributed by atoms with E-state index in [0.29, 0.717) is 30.4 Å². The quantitative estimate of drug-likeness (QED) is 0.476. The van der Waals surface area contributed by atoms with Crippen molar-refractivity contribution in [1.82, 2.24) is 9.78 Å². The van der Waals surface area contributed by atoms with Gasteiger partial charge in [-0.2, -0.15) is 18.3 Å². The molecule has 26 heavy (non-hydrogen) atoms. The molecule has 0 radical (unpaired) electrons. The van der Waals surface area contributed by atoms with Gasteiger partial charge in [0.15, 0.2) is 0 Å². The molecule has 0 aliphatic rings. The van der Waals surface area contributed by atoms with Crippen LogP contribution in [0.3, 0.4) is 0 Å². The van der Waals surface area contributed by atoms with Crippen molar-refractivity contribution >= 4 is 22.5 Å². The van der Waals surface area contributed by atoms with Gasteiger partial charge in [0.1, 0.15) is 11.5 Å². The minimum absolute atomic E-state index is 0.254. The van der Waals surface area contributed by atoms with Gasteiger partial charge in [-0.3, -0.25) is 9.48 Å². The number of aromatic nitrogens is 2. The first-order valence-electron chi connectivity index (χ1n) is 7.76. The Kier molecular flexibility index (Phi) is 5.00. The summed E-state index contributed by atoms with van der Waals surface area (Å²) in [7, 11) is 0. The molecule has 0 aliphatic heterocycles. The van der Waals surface area contributed by atoms with E-state index in [1.807, 2.05) is 0 Å². The van der Waals surface area contributed by atoms with E-state index in [9.17, 15) is 22.4 Å². The summed E-state index contributed by atoms with van der Waals surface area (Å²) in [5, 5.41) is 4.38. The highest BCUT2D eigenvalue weighted by atomic mass is 35.5. The number of hydrogen-bond acceptors (Lipinski definition) is 2. The SMILES string of the molecule is O=c1c(-c2cccc(C(F)(F)F)c2F)nn(CCCCl)c2ccccc12. The standard InChI is InChI=1S/C18H13ClF4N2O/c19-9-4-10-25-14-8-2-1-5-11(14)17(26)16(24-25)12-6-3-7-13(15(12)20)18(21,22)23/h1-3,5-8H,4,9-10H2. The summed E-state index contributed by atoms with van der Waals surface area (Å²) < 4.78 is 54.9. The monoisotopic (exact) mass is 384 g/mol. The maximum Gasteiger partial charge on any atom is 0.419 e. The first-order valence-corrected chi connectivity index (χ1v) is 8.30. The fraction of sp³-hybridized carbons (Fsp3) is 0.222. The lowest BCUT2D eigenvalue weighted by molar-refractivity contribution is -0.139. The molecule has 1 heterocycles. The number of nitrogens with zero attached hydrogens (tertiary/aromatic N) is 2. The molecule has 3 rings (SSSR count). The average molecular weight is 385 g/mol. The minimum atomic E-state index is -4.87. The molecule has 3 aromatic rings. The molecule has 0 spiro atoms. The fourth-order valence-electron chi connectivity index (χ4n) is 2.73. The van der Waals surface area contributed by atoms with Gasteiger partial charge in [0.2, 0.25) is 5.43 Å². The number of fused-ring (bicyclic) bond motifs is 1. The first kappa shape index (κ1) is 18.4. The van der Waals surface area contributed by atoms with Crippen LogP contribution >= 0.6 is 11.6 Å². The van der Waals surface area contributed by atoms with Crippen LogP contribution in [-0.4, -0.2) is 15.7 Å². The fourth-order valence-corrected chi connectivity index (χ4v) is 2.85. The van der Waals surface area contributed by atoms with E-state index in [-0.39, 0.29) is 11.1 Å². The molecule has 3 nitrogen and oxygen atoms in total. The number of hydrogen-bond donors (Lipinski definition) is 0. The van der Waals surface area contributed by atoms with E-state index in [1.54, 1.807) is 18.2 Å². The molecule has 0 N–H and O–H groups in total. The predicted molar refractivity (Wildman–Crippen MR) is 91.7 cm³/mol. The van der Waals surface area contributed by atoms with Gasteiger partial charge in [0.05, 0.1) is 11.1 Å². The Hall–Kier alpha value is -2.41. The lowest BCUT2D eigenvalue weighted by Gasteiger charge is -2.14. The van der Waals surface area contributed by atoms with E-state index in [0.717, 1.165) is 12.1 Å². The zero-order valence-corrected chi connectivity index (χ0v) is 14.1. The van der Waals surface area contributed by atoms with Crippen LogP contribution in [0.1, 0.15) is 12.0 Å². The molecule has 8 heteroatoms. The van der Waals surface area contributed by atoms with Crippen LogP contribution in [0.2, 0.25) is 0 Å². The third kappa shape index (κ3) is 3.31. The third-order valence-electron chi connectivity index (χ3n) is 3.93. The predicted octanol–water partition coefficient (Wildman–Crippen LogP) is 4.85. The smallest absolute Gasteiger partial charge is 0.287 e. The van der Waals surface area contributed by atoms with Gasteiger partial charge < -0.3 is 0 Å². The number of para-hydroxylation sites is 1. The van der Waals surface area contributed by atoms with E-state index in [4.69, 9.17) is 11.6 Å². The van der Waals surface area contributed by atoms with Crippen molar-refractivity contribution in [2.24, 2.45) is 0 Å². The van der Waals surface area contributed by atoms with Gasteiger partial charge in [0, 0.05) is 23.4 Å². The summed E-state index contributed by atoms with van der Waals surface area (Å²) in [6.07, 6.45) is -4.33. The summed E-state index contributed by atoms with van der Waals surface area (Å²) in [6, 6.07) is 9.35. The topological polar surface area (TPSA) is 34.9 Å². The molecular formula is C18H13ClF4N2O. The van der Waals surface area contributed by atoms with E-state index in [1.165, 1.54) is 10.7 Å². The summed E-state index contributed by atoms with van der Waals surface area (Å²) in [4.78, 5) is 12.7. The van der Waals surface area contributed by atoms with Crippen LogP contribution in [0.15, 0.2) is 47.3 Å². The average Bonchev–Trinajstić information content (AvgIpc) is 2.61. The number of halogens is 5. The van der Waals surface area contributed by atoms with Crippen molar-refractivity contribution in [2.45, 2.75) is 19.1 Å². The van der Waals surface area contributed by atoms with Gasteiger partial charge >= 0.3 is 6.18 Å². The zero-order chi connectivity index (χ0) is 18.9. The van der Waals surface area contributed by atoms with Crippen LogP contribution in [0.4, 0.5) is 17.6 Å². The van der Waals surface area contributed by atoms with Crippen molar-refractivity contribution in [3.05, 3.63) is 64.1 Å². The summed E-state index contributed by atoms with van der Waals surface area (Å²) in [5.74, 6) is -1.17. The molecule has 0 unspecified atom stereocenters. The Morgan fingerprint density at radius 2 is 1.81 bits per heavy atom. The number of benzene rings is 2. The third-order valence-corrected chi connectivity index (χ3v) is 4.19. The van der Waals surface area contributed by atoms with Crippen LogP contribution < -0.4 is 5.43 Å². The lowest BCUT2D eigenvalue weighted by Crippen LogP contribution is -2.18. The second-order valence-corrected chi connectivity index (χ2v) is 6.00. The zero-order valence-electron chi connectivity index (χ0n) is 13.4. The number of alkyl halides is 4. The molecule has 2 aromatic carbocycles. The highest BCUT2D eigenvalue weighted by Gasteiger charge is 2.35. The summed E-state index contributed by atoms with van der Waals surface area (Å²) in [6.45, 7) is 0.345. The Bertz CT molecular complexity index is 1010. The van der Waals surface area contributed by atoms with E-state index >= 15 is 0 Å². The van der Waals surface area contributed by atoms with Gasteiger partial charge in [-0.25, -0.2) is 4.39 Å². The summed E-state index contributed by atoms with van der Waals surface area (Å²) >= 11 is 5.70. The molecule has 0 saturated heterocycles. The Morgan fingerprint density at radius 1 is 1.08 bits per heavy atom. The minimum Gasteiger partial charge on any atom is -0.287 e. The highest BCUT2D eigenvalue weighted by molar-refractivity contribution is 6.17. The molecule has 0 atom stereocenters. The normalized spacial score (nSPS) is 11.9. The lowest BCUT2D eigenvalue weighted by atomic mass is 10.0. The molecule has 1 aromatic heterocycles. The molecule has 136 valence electrons. The van der Waals surface area contributed by atoms with Gasteiger partial charge in [-0.1, -0.05) is 18.2 Å². The first-order chi connectivity index (χ1) is 12.3. The largest absolute Gasteiger partial charge is 0.419 e. The molecular weight excluding hydrogens is 372 g/mol. The number of rotatable bonds is 4. The van der Waals surface area contributed by atoms with Crippen LogP contribution in [-0.2, 0) is 12.7 Å². The van der Waals surface area contributed by atoms with E-state index in [2.05, 4.69) is 5.10 Å². The molecule has 0 amide bonds. The Labute approximate surface area is 150 Å². The maximum atomic E-state index is 14.5. The molecule has 0 fully saturated rings. The van der Waals surface area contributed by atoms with Crippen LogP contribution in [0.25, 0.3) is 22.2 Å². The van der Waals surface area contributed by atoms with E-state index < -0.39 is 28.5 Å². The van der Waals surface area contributed by atoms with Crippen molar-refractivity contribution < 1.29 is 17.6 Å². The van der Waals surface area contributed by atoms with Crippen LogP contribution in [0.5, 0.6) is 0 Å². The maximum absolute atomic E-state index is 14.5. The van der Waals surface area contributed by atoms with Crippen molar-refractivity contribution in [3.8, 4) is 11.3 Å². The van der Waals surface area contributed by atoms with Crippen molar-refractivity contribution in [3.63, 3.8) is 0 Å². The van der Waals surface area contributed by atoms with Gasteiger partial charge in [0.25, 0.3) is 0 Å². The molecule has 0 saturated carbocycles. The van der Waals surface area contributed by atoms with Gasteiger partial charge in [-0.15, -0.1) is 11.6 Å². The van der Waals surface area contributed by atoms with Gasteiger partial charge in [-0.05, 0) is 30.7 Å². The van der Waals surface area contributed by atoms with Crippen LogP contribution in [0, 0.1) is 5.82 Å².